The summed E-state index contributed by atoms with van der Waals surface area (Å²) in [6.07, 6.45) is 0.321. The summed E-state index contributed by atoms with van der Waals surface area (Å²) in [7, 11) is 0. The average molecular weight is 274 g/mol. The second-order valence-electron chi connectivity index (χ2n) is 3.12. The van der Waals surface area contributed by atoms with Crippen molar-refractivity contribution in [3.8, 4) is 0 Å². The Bertz CT molecular complexity index is 385. The van der Waals surface area contributed by atoms with Crippen LogP contribution in [0.4, 0.5) is 0 Å². The van der Waals surface area contributed by atoms with Gasteiger partial charge in [-0.05, 0) is 30.2 Å². The standard InChI is InChI=1S/C11H10BrClO/c1-7(2)11(14)5-8-3-4-9(12)6-10(8)13/h3-4,6H,1,5H2,2H3. The van der Waals surface area contributed by atoms with Crippen molar-refractivity contribution in [3.63, 3.8) is 0 Å². The van der Waals surface area contributed by atoms with Crippen LogP contribution < -0.4 is 0 Å². The van der Waals surface area contributed by atoms with Crippen LogP contribution in [0, 0.1) is 0 Å². The van der Waals surface area contributed by atoms with Crippen molar-refractivity contribution in [1.29, 1.82) is 0 Å². The van der Waals surface area contributed by atoms with Crippen molar-refractivity contribution in [1.82, 2.24) is 0 Å². The number of benzene rings is 1. The van der Waals surface area contributed by atoms with Crippen LogP contribution in [0.15, 0.2) is 34.8 Å². The monoisotopic (exact) mass is 272 g/mol. The van der Waals surface area contributed by atoms with E-state index < -0.39 is 0 Å². The lowest BCUT2D eigenvalue weighted by molar-refractivity contribution is -0.114. The molecular weight excluding hydrogens is 263 g/mol. The molecule has 0 heterocycles. The molecule has 0 atom stereocenters. The van der Waals surface area contributed by atoms with Gasteiger partial charge < -0.3 is 0 Å². The molecule has 0 saturated heterocycles. The fraction of sp³-hybridized carbons (Fsp3) is 0.182. The lowest BCUT2D eigenvalue weighted by atomic mass is 10.1. The van der Waals surface area contributed by atoms with E-state index in [4.69, 9.17) is 11.6 Å². The van der Waals surface area contributed by atoms with Gasteiger partial charge in [-0.15, -0.1) is 0 Å². The Balaban J connectivity index is 2.87. The van der Waals surface area contributed by atoms with Crippen molar-refractivity contribution in [3.05, 3.63) is 45.4 Å². The summed E-state index contributed by atoms with van der Waals surface area (Å²) in [6, 6.07) is 5.49. The number of halogens is 2. The molecule has 0 unspecified atom stereocenters. The highest BCUT2D eigenvalue weighted by Gasteiger charge is 2.07. The van der Waals surface area contributed by atoms with Gasteiger partial charge in [0.1, 0.15) is 0 Å². The highest BCUT2D eigenvalue weighted by atomic mass is 79.9. The molecule has 0 saturated carbocycles. The van der Waals surface area contributed by atoms with Crippen molar-refractivity contribution < 1.29 is 4.79 Å². The minimum absolute atomic E-state index is 0.0224. The normalized spacial score (nSPS) is 9.93. The third kappa shape index (κ3) is 2.96. The first-order chi connectivity index (χ1) is 6.50. The van der Waals surface area contributed by atoms with Gasteiger partial charge in [0, 0.05) is 15.9 Å². The first kappa shape index (κ1) is 11.5. The van der Waals surface area contributed by atoms with Crippen LogP contribution in [0.2, 0.25) is 5.02 Å². The summed E-state index contributed by atoms with van der Waals surface area (Å²) in [6.45, 7) is 5.30. The zero-order valence-electron chi connectivity index (χ0n) is 7.81. The maximum atomic E-state index is 11.4. The Kier molecular flexibility index (Phi) is 3.90. The topological polar surface area (TPSA) is 17.1 Å². The molecule has 0 N–H and O–H groups in total. The Hall–Kier alpha value is -0.600. The number of allylic oxidation sites excluding steroid dienone is 1. The van der Waals surface area contributed by atoms with E-state index in [0.29, 0.717) is 17.0 Å². The quantitative estimate of drug-likeness (QED) is 0.766. The summed E-state index contributed by atoms with van der Waals surface area (Å²) in [5.41, 5.74) is 1.40. The lowest BCUT2D eigenvalue weighted by Crippen LogP contribution is -2.03. The van der Waals surface area contributed by atoms with Gasteiger partial charge in [0.2, 0.25) is 0 Å². The predicted molar refractivity (Wildman–Crippen MR) is 62.7 cm³/mol. The number of carbonyl (C=O) groups excluding carboxylic acids is 1. The smallest absolute Gasteiger partial charge is 0.162 e. The molecule has 14 heavy (non-hydrogen) atoms. The minimum Gasteiger partial charge on any atom is -0.294 e. The van der Waals surface area contributed by atoms with Crippen molar-refractivity contribution >= 4 is 33.3 Å². The van der Waals surface area contributed by atoms with Crippen LogP contribution in [-0.2, 0) is 11.2 Å². The van der Waals surface area contributed by atoms with Crippen LogP contribution >= 0.6 is 27.5 Å². The maximum absolute atomic E-state index is 11.4. The van der Waals surface area contributed by atoms with Crippen LogP contribution in [0.5, 0.6) is 0 Å². The Morgan fingerprint density at radius 1 is 1.57 bits per heavy atom. The fourth-order valence-corrected chi connectivity index (χ4v) is 1.73. The molecule has 3 heteroatoms. The maximum Gasteiger partial charge on any atom is 0.162 e. The summed E-state index contributed by atoms with van der Waals surface area (Å²) in [4.78, 5) is 11.4. The van der Waals surface area contributed by atoms with E-state index in [1.807, 2.05) is 12.1 Å². The second-order valence-corrected chi connectivity index (χ2v) is 4.44. The van der Waals surface area contributed by atoms with E-state index in [9.17, 15) is 4.79 Å². The van der Waals surface area contributed by atoms with Crippen molar-refractivity contribution in [2.75, 3.05) is 0 Å². The van der Waals surface area contributed by atoms with Gasteiger partial charge in [0.15, 0.2) is 5.78 Å². The van der Waals surface area contributed by atoms with Crippen LogP contribution in [-0.4, -0.2) is 5.78 Å². The minimum atomic E-state index is 0.0224. The predicted octanol–water partition coefficient (Wildman–Crippen LogP) is 3.79. The zero-order chi connectivity index (χ0) is 10.7. The van der Waals surface area contributed by atoms with Crippen LogP contribution in [0.1, 0.15) is 12.5 Å². The number of rotatable bonds is 3. The molecule has 0 spiro atoms. The van der Waals surface area contributed by atoms with E-state index in [-0.39, 0.29) is 5.78 Å². The number of hydrogen-bond donors (Lipinski definition) is 0. The molecule has 0 bridgehead atoms. The molecule has 1 rings (SSSR count). The second kappa shape index (κ2) is 4.76. The van der Waals surface area contributed by atoms with Crippen molar-refractivity contribution in [2.24, 2.45) is 0 Å². The Labute approximate surface area is 96.9 Å². The van der Waals surface area contributed by atoms with E-state index in [1.165, 1.54) is 0 Å². The summed E-state index contributed by atoms with van der Waals surface area (Å²) >= 11 is 9.27. The molecule has 1 aromatic rings. The number of carbonyl (C=O) groups is 1. The third-order valence-corrected chi connectivity index (χ3v) is 2.69. The molecule has 74 valence electrons. The molecule has 0 aliphatic carbocycles. The first-order valence-corrected chi connectivity index (χ1v) is 5.30. The lowest BCUT2D eigenvalue weighted by Gasteiger charge is -2.03. The summed E-state index contributed by atoms with van der Waals surface area (Å²) in [5.74, 6) is 0.0224. The van der Waals surface area contributed by atoms with E-state index in [1.54, 1.807) is 13.0 Å². The van der Waals surface area contributed by atoms with Gasteiger partial charge in [0.05, 0.1) is 0 Å². The van der Waals surface area contributed by atoms with E-state index in [2.05, 4.69) is 22.5 Å². The van der Waals surface area contributed by atoms with Gasteiger partial charge in [-0.1, -0.05) is 40.2 Å². The number of hydrogen-bond acceptors (Lipinski definition) is 1. The molecule has 0 amide bonds. The fourth-order valence-electron chi connectivity index (χ4n) is 0.989. The van der Waals surface area contributed by atoms with E-state index >= 15 is 0 Å². The van der Waals surface area contributed by atoms with Gasteiger partial charge in [-0.25, -0.2) is 0 Å². The van der Waals surface area contributed by atoms with E-state index in [0.717, 1.165) is 10.0 Å². The number of ketones is 1. The van der Waals surface area contributed by atoms with Crippen LogP contribution in [0.25, 0.3) is 0 Å². The van der Waals surface area contributed by atoms with Gasteiger partial charge in [-0.3, -0.25) is 4.79 Å². The first-order valence-electron chi connectivity index (χ1n) is 4.13. The molecule has 0 aliphatic heterocycles. The molecule has 0 radical (unpaired) electrons. The molecule has 0 aromatic heterocycles. The highest BCUT2D eigenvalue weighted by molar-refractivity contribution is 9.10. The summed E-state index contributed by atoms with van der Waals surface area (Å²) in [5, 5.41) is 0.606. The van der Waals surface area contributed by atoms with Gasteiger partial charge in [0.25, 0.3) is 0 Å². The summed E-state index contributed by atoms with van der Waals surface area (Å²) < 4.78 is 0.911. The number of Topliss-reactive ketones (excluding diaryl/α,β-unsaturated/α-hetero) is 1. The Morgan fingerprint density at radius 2 is 2.21 bits per heavy atom. The Morgan fingerprint density at radius 3 is 2.71 bits per heavy atom. The SMILES string of the molecule is C=C(C)C(=O)Cc1ccc(Br)cc1Cl. The zero-order valence-corrected chi connectivity index (χ0v) is 10.2. The van der Waals surface area contributed by atoms with Crippen LogP contribution in [0.3, 0.4) is 0 Å². The molecule has 1 aromatic carbocycles. The van der Waals surface area contributed by atoms with Crippen molar-refractivity contribution in [2.45, 2.75) is 13.3 Å². The molecule has 0 fully saturated rings. The third-order valence-electron chi connectivity index (χ3n) is 1.84. The van der Waals surface area contributed by atoms with Gasteiger partial charge >= 0.3 is 0 Å². The average Bonchev–Trinajstić information content (AvgIpc) is 2.09. The van der Waals surface area contributed by atoms with Gasteiger partial charge in [-0.2, -0.15) is 0 Å². The molecule has 0 aliphatic rings. The largest absolute Gasteiger partial charge is 0.294 e. The highest BCUT2D eigenvalue weighted by Crippen LogP contribution is 2.22. The molecule has 1 nitrogen and oxygen atoms in total. The molecular formula is C11H10BrClO.